The Hall–Kier alpha value is -0.610. The van der Waals surface area contributed by atoms with Crippen LogP contribution in [-0.4, -0.2) is 47.8 Å². The number of hydrogen-bond donors (Lipinski definition) is 1. The van der Waals surface area contributed by atoms with Gasteiger partial charge >= 0.3 is 5.97 Å². The Morgan fingerprint density at radius 3 is 2.28 bits per heavy atom. The lowest BCUT2D eigenvalue weighted by Crippen LogP contribution is -2.46. The molecule has 1 aliphatic heterocycles. The molecule has 106 valence electrons. The van der Waals surface area contributed by atoms with Crippen LogP contribution in [-0.2, 0) is 9.53 Å². The van der Waals surface area contributed by atoms with Gasteiger partial charge in [-0.15, -0.1) is 0 Å². The van der Waals surface area contributed by atoms with Crippen molar-refractivity contribution in [2.24, 2.45) is 5.92 Å². The molecule has 4 nitrogen and oxygen atoms in total. The molecule has 0 aliphatic carbocycles. The summed E-state index contributed by atoms with van der Waals surface area (Å²) in [6.45, 7) is 8.83. The standard InChI is InChI=1S/C14H27NO3/c1-4-14(17,5-2)11-15-9-7-12(8-10-15)13(16)18-6-3/h12,17H,4-11H2,1-3H3. The number of nitrogens with zero attached hydrogens (tertiary/aromatic N) is 1. The highest BCUT2D eigenvalue weighted by molar-refractivity contribution is 5.72. The maximum Gasteiger partial charge on any atom is 0.309 e. The predicted octanol–water partition coefficient (Wildman–Crippen LogP) is 1.81. The maximum atomic E-state index is 11.6. The van der Waals surface area contributed by atoms with Crippen molar-refractivity contribution in [3.63, 3.8) is 0 Å². The second kappa shape index (κ2) is 7.10. The molecule has 0 saturated carbocycles. The highest BCUT2D eigenvalue weighted by Crippen LogP contribution is 2.23. The summed E-state index contributed by atoms with van der Waals surface area (Å²) in [6.07, 6.45) is 3.26. The van der Waals surface area contributed by atoms with Gasteiger partial charge < -0.3 is 14.7 Å². The van der Waals surface area contributed by atoms with E-state index in [0.717, 1.165) is 45.3 Å². The first-order chi connectivity index (χ1) is 8.54. The van der Waals surface area contributed by atoms with Crippen molar-refractivity contribution in [2.75, 3.05) is 26.2 Å². The van der Waals surface area contributed by atoms with Gasteiger partial charge in [-0.1, -0.05) is 13.8 Å². The number of piperidine rings is 1. The summed E-state index contributed by atoms with van der Waals surface area (Å²) in [4.78, 5) is 13.9. The number of aliphatic hydroxyl groups is 1. The minimum absolute atomic E-state index is 0.0533. The summed E-state index contributed by atoms with van der Waals surface area (Å²) in [5.74, 6) is -0.00376. The molecule has 1 N–H and O–H groups in total. The summed E-state index contributed by atoms with van der Waals surface area (Å²) < 4.78 is 5.05. The second-order valence-corrected chi connectivity index (χ2v) is 5.23. The van der Waals surface area contributed by atoms with Crippen molar-refractivity contribution in [2.45, 2.75) is 52.1 Å². The van der Waals surface area contributed by atoms with Gasteiger partial charge in [-0.3, -0.25) is 4.79 Å². The van der Waals surface area contributed by atoms with E-state index in [1.54, 1.807) is 0 Å². The van der Waals surface area contributed by atoms with Crippen molar-refractivity contribution < 1.29 is 14.6 Å². The van der Waals surface area contributed by atoms with E-state index >= 15 is 0 Å². The molecule has 0 atom stereocenters. The Morgan fingerprint density at radius 1 is 1.28 bits per heavy atom. The number of ether oxygens (including phenoxy) is 1. The van der Waals surface area contributed by atoms with Gasteiger partial charge in [0.05, 0.1) is 18.1 Å². The van der Waals surface area contributed by atoms with E-state index in [2.05, 4.69) is 4.90 Å². The third kappa shape index (κ3) is 4.25. The van der Waals surface area contributed by atoms with Gasteiger partial charge in [0, 0.05) is 6.54 Å². The monoisotopic (exact) mass is 257 g/mol. The lowest BCUT2D eigenvalue weighted by molar-refractivity contribution is -0.149. The van der Waals surface area contributed by atoms with E-state index in [-0.39, 0.29) is 11.9 Å². The van der Waals surface area contributed by atoms with Crippen LogP contribution in [0.2, 0.25) is 0 Å². The largest absolute Gasteiger partial charge is 0.466 e. The van der Waals surface area contributed by atoms with E-state index in [1.165, 1.54) is 0 Å². The number of esters is 1. The van der Waals surface area contributed by atoms with Gasteiger partial charge in [0.15, 0.2) is 0 Å². The number of carbonyl (C=O) groups is 1. The van der Waals surface area contributed by atoms with Crippen LogP contribution in [0.15, 0.2) is 0 Å². The zero-order valence-corrected chi connectivity index (χ0v) is 11.9. The molecule has 0 radical (unpaired) electrons. The van der Waals surface area contributed by atoms with Gasteiger partial charge in [-0.05, 0) is 45.7 Å². The van der Waals surface area contributed by atoms with Crippen LogP contribution in [0.4, 0.5) is 0 Å². The molecule has 1 rings (SSSR count). The molecule has 1 fully saturated rings. The molecule has 0 aromatic rings. The minimum Gasteiger partial charge on any atom is -0.466 e. The third-order valence-corrected chi connectivity index (χ3v) is 4.04. The Bertz CT molecular complexity index is 256. The van der Waals surface area contributed by atoms with Crippen LogP contribution in [0.5, 0.6) is 0 Å². The molecule has 1 heterocycles. The van der Waals surface area contributed by atoms with Gasteiger partial charge in [0.2, 0.25) is 0 Å². The fraction of sp³-hybridized carbons (Fsp3) is 0.929. The quantitative estimate of drug-likeness (QED) is 0.737. The summed E-state index contributed by atoms with van der Waals surface area (Å²) in [6, 6.07) is 0. The van der Waals surface area contributed by atoms with Gasteiger partial charge in [0.25, 0.3) is 0 Å². The number of hydrogen-bond acceptors (Lipinski definition) is 4. The molecule has 4 heteroatoms. The van der Waals surface area contributed by atoms with Crippen molar-refractivity contribution in [3.8, 4) is 0 Å². The van der Waals surface area contributed by atoms with E-state index in [0.29, 0.717) is 6.61 Å². The van der Waals surface area contributed by atoms with Crippen LogP contribution in [0.25, 0.3) is 0 Å². The molecule has 0 unspecified atom stereocenters. The smallest absolute Gasteiger partial charge is 0.309 e. The van der Waals surface area contributed by atoms with Crippen molar-refractivity contribution in [1.29, 1.82) is 0 Å². The third-order valence-electron chi connectivity index (χ3n) is 4.04. The molecule has 0 aromatic carbocycles. The van der Waals surface area contributed by atoms with Crippen LogP contribution < -0.4 is 0 Å². The number of carbonyl (C=O) groups excluding carboxylic acids is 1. The molecule has 0 aromatic heterocycles. The molecule has 1 saturated heterocycles. The Labute approximate surface area is 110 Å². The average Bonchev–Trinajstić information content (AvgIpc) is 2.39. The summed E-state index contributed by atoms with van der Waals surface area (Å²) >= 11 is 0. The van der Waals surface area contributed by atoms with E-state index in [9.17, 15) is 9.90 Å². The maximum absolute atomic E-state index is 11.6. The first kappa shape index (κ1) is 15.4. The van der Waals surface area contributed by atoms with Crippen LogP contribution in [0.1, 0.15) is 46.5 Å². The molecule has 0 amide bonds. The topological polar surface area (TPSA) is 49.8 Å². The number of β-amino-alcohol motifs (C(OH)–C–C–N with tert-alkyl or cyclic N) is 1. The van der Waals surface area contributed by atoms with Gasteiger partial charge in [-0.2, -0.15) is 0 Å². The Morgan fingerprint density at radius 2 is 1.83 bits per heavy atom. The van der Waals surface area contributed by atoms with Gasteiger partial charge in [-0.25, -0.2) is 0 Å². The van der Waals surface area contributed by atoms with Gasteiger partial charge in [0.1, 0.15) is 0 Å². The lowest BCUT2D eigenvalue weighted by Gasteiger charge is -2.36. The predicted molar refractivity (Wildman–Crippen MR) is 71.3 cm³/mol. The van der Waals surface area contributed by atoms with E-state index in [4.69, 9.17) is 4.74 Å². The fourth-order valence-corrected chi connectivity index (χ4v) is 2.48. The lowest BCUT2D eigenvalue weighted by atomic mass is 9.93. The zero-order valence-electron chi connectivity index (χ0n) is 11.9. The molecular weight excluding hydrogens is 230 g/mol. The molecule has 0 bridgehead atoms. The van der Waals surface area contributed by atoms with Crippen LogP contribution in [0.3, 0.4) is 0 Å². The average molecular weight is 257 g/mol. The van der Waals surface area contributed by atoms with Crippen molar-refractivity contribution in [1.82, 2.24) is 4.90 Å². The number of rotatable bonds is 6. The normalized spacial score (nSPS) is 18.9. The minimum atomic E-state index is -0.573. The van der Waals surface area contributed by atoms with Crippen LogP contribution in [0, 0.1) is 5.92 Å². The van der Waals surface area contributed by atoms with Crippen molar-refractivity contribution >= 4 is 5.97 Å². The first-order valence-corrected chi connectivity index (χ1v) is 7.16. The summed E-state index contributed by atoms with van der Waals surface area (Å²) in [7, 11) is 0. The summed E-state index contributed by atoms with van der Waals surface area (Å²) in [5, 5.41) is 10.3. The molecular formula is C14H27NO3. The Balaban J connectivity index is 2.37. The summed E-state index contributed by atoms with van der Waals surface area (Å²) in [5.41, 5.74) is -0.573. The SMILES string of the molecule is CCOC(=O)C1CCN(CC(O)(CC)CC)CC1. The second-order valence-electron chi connectivity index (χ2n) is 5.23. The highest BCUT2D eigenvalue weighted by atomic mass is 16.5. The van der Waals surface area contributed by atoms with E-state index in [1.807, 2.05) is 20.8 Å². The van der Waals surface area contributed by atoms with Crippen molar-refractivity contribution in [3.05, 3.63) is 0 Å². The zero-order chi connectivity index (χ0) is 13.6. The van der Waals surface area contributed by atoms with Crippen LogP contribution >= 0.6 is 0 Å². The van der Waals surface area contributed by atoms with E-state index < -0.39 is 5.60 Å². The fourth-order valence-electron chi connectivity index (χ4n) is 2.48. The number of likely N-dealkylation sites (tertiary alicyclic amines) is 1. The Kier molecular flexibility index (Phi) is 6.09. The highest BCUT2D eigenvalue weighted by Gasteiger charge is 2.30. The first-order valence-electron chi connectivity index (χ1n) is 7.16. The molecule has 18 heavy (non-hydrogen) atoms. The molecule has 0 spiro atoms. The molecule has 1 aliphatic rings.